The first kappa shape index (κ1) is 20.9. The molecule has 1 amide bonds. The van der Waals surface area contributed by atoms with Crippen molar-refractivity contribution in [2.24, 2.45) is 0 Å². The first-order valence-corrected chi connectivity index (χ1v) is 9.76. The number of pyridine rings is 1. The molecule has 32 heavy (non-hydrogen) atoms. The molecule has 1 atom stereocenters. The fourth-order valence-electron chi connectivity index (χ4n) is 3.09. The minimum absolute atomic E-state index is 0.0591. The van der Waals surface area contributed by atoms with Crippen molar-refractivity contribution in [3.63, 3.8) is 0 Å². The van der Waals surface area contributed by atoms with Crippen LogP contribution in [0.2, 0.25) is 0 Å². The third-order valence-corrected chi connectivity index (χ3v) is 4.81. The van der Waals surface area contributed by atoms with Gasteiger partial charge in [-0.3, -0.25) is 9.78 Å². The van der Waals surface area contributed by atoms with Crippen LogP contribution in [0.5, 0.6) is 11.6 Å². The van der Waals surface area contributed by atoms with Gasteiger partial charge in [0.05, 0.1) is 13.2 Å². The van der Waals surface area contributed by atoms with Crippen LogP contribution in [0.15, 0.2) is 67.1 Å². The average Bonchev–Trinajstić information content (AvgIpc) is 2.83. The number of carbonyl (C=O) groups excluding carboxylic acids is 1. The van der Waals surface area contributed by atoms with Crippen LogP contribution < -0.4 is 10.1 Å². The topological polar surface area (TPSA) is 123 Å². The molecule has 9 nitrogen and oxygen atoms in total. The van der Waals surface area contributed by atoms with Gasteiger partial charge in [0.25, 0.3) is 5.91 Å². The zero-order valence-corrected chi connectivity index (χ0v) is 17.4. The molecule has 0 aliphatic heterocycles. The molecule has 9 heteroatoms. The van der Waals surface area contributed by atoms with Gasteiger partial charge >= 0.3 is 0 Å². The van der Waals surface area contributed by atoms with Crippen molar-refractivity contribution >= 4 is 5.91 Å². The average molecular weight is 428 g/mol. The molecule has 0 saturated carbocycles. The summed E-state index contributed by atoms with van der Waals surface area (Å²) in [5.74, 6) is -0.114. The van der Waals surface area contributed by atoms with Crippen molar-refractivity contribution in [2.45, 2.75) is 13.0 Å². The van der Waals surface area contributed by atoms with Crippen molar-refractivity contribution in [3.8, 4) is 23.1 Å². The number of amides is 1. The summed E-state index contributed by atoms with van der Waals surface area (Å²) in [5.41, 5.74) is 2.79. The molecule has 3 aromatic heterocycles. The second kappa shape index (κ2) is 9.17. The lowest BCUT2D eigenvalue weighted by Gasteiger charge is -2.20. The zero-order valence-electron chi connectivity index (χ0n) is 17.4. The second-order valence-electron chi connectivity index (χ2n) is 6.95. The fourth-order valence-corrected chi connectivity index (χ4v) is 3.09. The van der Waals surface area contributed by atoms with Crippen LogP contribution in [0.25, 0.3) is 11.5 Å². The van der Waals surface area contributed by atoms with Crippen LogP contribution in [0.3, 0.4) is 0 Å². The SMILES string of the molecule is COc1ccc([C@@H](NC(=O)c2cnc(-c3cccnn3)nc2O)c2ccc(C)nc2)cc1. The summed E-state index contributed by atoms with van der Waals surface area (Å²) in [4.78, 5) is 25.5. The predicted octanol–water partition coefficient (Wildman–Crippen LogP) is 2.87. The van der Waals surface area contributed by atoms with Gasteiger partial charge < -0.3 is 15.2 Å². The van der Waals surface area contributed by atoms with Crippen LogP contribution in [0, 0.1) is 6.92 Å². The summed E-state index contributed by atoms with van der Waals surface area (Å²) in [6.45, 7) is 1.89. The van der Waals surface area contributed by atoms with E-state index >= 15 is 0 Å². The molecule has 0 fully saturated rings. The van der Waals surface area contributed by atoms with E-state index in [4.69, 9.17) is 4.74 Å². The Morgan fingerprint density at radius 3 is 2.44 bits per heavy atom. The van der Waals surface area contributed by atoms with E-state index in [1.54, 1.807) is 25.4 Å². The maximum atomic E-state index is 13.0. The molecule has 1 aromatic carbocycles. The molecule has 0 unspecified atom stereocenters. The van der Waals surface area contributed by atoms with Gasteiger partial charge in [0.2, 0.25) is 5.88 Å². The fraction of sp³-hybridized carbons (Fsp3) is 0.130. The van der Waals surface area contributed by atoms with Crippen molar-refractivity contribution in [1.29, 1.82) is 0 Å². The number of carbonyl (C=O) groups is 1. The first-order chi connectivity index (χ1) is 15.5. The molecule has 2 N–H and O–H groups in total. The third-order valence-electron chi connectivity index (χ3n) is 4.81. The molecular weight excluding hydrogens is 408 g/mol. The van der Waals surface area contributed by atoms with Gasteiger partial charge in [-0.25, -0.2) is 4.98 Å². The Morgan fingerprint density at radius 1 is 1.03 bits per heavy atom. The van der Waals surface area contributed by atoms with Gasteiger partial charge in [0.1, 0.15) is 17.0 Å². The monoisotopic (exact) mass is 428 g/mol. The van der Waals surface area contributed by atoms with Gasteiger partial charge in [-0.05, 0) is 48.4 Å². The van der Waals surface area contributed by atoms with E-state index < -0.39 is 17.8 Å². The summed E-state index contributed by atoms with van der Waals surface area (Å²) in [6, 6.07) is 13.9. The number of benzene rings is 1. The largest absolute Gasteiger partial charge is 0.497 e. The maximum absolute atomic E-state index is 13.0. The zero-order chi connectivity index (χ0) is 22.5. The highest BCUT2D eigenvalue weighted by atomic mass is 16.5. The van der Waals surface area contributed by atoms with E-state index in [-0.39, 0.29) is 11.4 Å². The van der Waals surface area contributed by atoms with Gasteiger partial charge in [-0.2, -0.15) is 10.1 Å². The Balaban J connectivity index is 1.64. The number of aryl methyl sites for hydroxylation is 1. The summed E-state index contributed by atoms with van der Waals surface area (Å²) in [6.07, 6.45) is 4.49. The molecule has 160 valence electrons. The molecule has 0 aliphatic carbocycles. The highest BCUT2D eigenvalue weighted by Crippen LogP contribution is 2.26. The number of nitrogens with one attached hydrogen (secondary N) is 1. The van der Waals surface area contributed by atoms with Crippen LogP contribution >= 0.6 is 0 Å². The number of rotatable bonds is 6. The van der Waals surface area contributed by atoms with E-state index in [9.17, 15) is 9.90 Å². The number of nitrogens with zero attached hydrogens (tertiary/aromatic N) is 5. The van der Waals surface area contributed by atoms with Crippen LogP contribution in [0.4, 0.5) is 0 Å². The predicted molar refractivity (Wildman–Crippen MR) is 116 cm³/mol. The quantitative estimate of drug-likeness (QED) is 0.481. The molecular formula is C23H20N6O3. The van der Waals surface area contributed by atoms with Crippen molar-refractivity contribution in [2.75, 3.05) is 7.11 Å². The summed E-state index contributed by atoms with van der Waals surface area (Å²) in [7, 11) is 1.59. The van der Waals surface area contributed by atoms with E-state index in [0.717, 1.165) is 16.8 Å². The molecule has 0 bridgehead atoms. The number of ether oxygens (including phenoxy) is 1. The van der Waals surface area contributed by atoms with Crippen LogP contribution in [-0.2, 0) is 0 Å². The van der Waals surface area contributed by atoms with Crippen molar-refractivity contribution < 1.29 is 14.6 Å². The Hall–Kier alpha value is -4.40. The molecule has 4 rings (SSSR count). The Kier molecular flexibility index (Phi) is 5.98. The summed E-state index contributed by atoms with van der Waals surface area (Å²) >= 11 is 0. The third kappa shape index (κ3) is 4.51. The number of aromatic nitrogens is 5. The minimum Gasteiger partial charge on any atom is -0.497 e. The second-order valence-corrected chi connectivity index (χ2v) is 6.95. The molecule has 0 saturated heterocycles. The number of hydrogen-bond acceptors (Lipinski definition) is 8. The normalized spacial score (nSPS) is 11.6. The minimum atomic E-state index is -0.533. The summed E-state index contributed by atoms with van der Waals surface area (Å²) < 4.78 is 5.23. The highest BCUT2D eigenvalue weighted by molar-refractivity contribution is 5.96. The smallest absolute Gasteiger partial charge is 0.259 e. The van der Waals surface area contributed by atoms with Crippen LogP contribution in [0.1, 0.15) is 33.2 Å². The van der Waals surface area contributed by atoms with Gasteiger partial charge in [-0.15, -0.1) is 5.10 Å². The molecule has 0 radical (unpaired) electrons. The van der Waals surface area contributed by atoms with Gasteiger partial charge in [0.15, 0.2) is 5.82 Å². The highest BCUT2D eigenvalue weighted by Gasteiger charge is 2.22. The van der Waals surface area contributed by atoms with Gasteiger partial charge in [0, 0.05) is 24.3 Å². The standard InChI is InChI=1S/C23H20N6O3/c1-14-5-6-16(12-24-14)20(15-7-9-17(32-2)10-8-15)27-22(30)18-13-25-21(28-23(18)31)19-4-3-11-26-29-19/h3-13,20H,1-2H3,(H,27,30)(H,25,28,31)/t20-/m1/s1. The summed E-state index contributed by atoms with van der Waals surface area (Å²) in [5, 5.41) is 21.0. The van der Waals surface area contributed by atoms with Gasteiger partial charge in [-0.1, -0.05) is 18.2 Å². The molecule has 3 heterocycles. The maximum Gasteiger partial charge on any atom is 0.259 e. The Morgan fingerprint density at radius 2 is 1.81 bits per heavy atom. The molecule has 4 aromatic rings. The van der Waals surface area contributed by atoms with E-state index in [0.29, 0.717) is 11.4 Å². The lowest BCUT2D eigenvalue weighted by Crippen LogP contribution is -2.29. The molecule has 0 aliphatic rings. The molecule has 0 spiro atoms. The lowest BCUT2D eigenvalue weighted by molar-refractivity contribution is 0.0939. The Labute approximate surface area is 184 Å². The lowest BCUT2D eigenvalue weighted by atomic mass is 9.99. The van der Waals surface area contributed by atoms with Crippen LogP contribution in [-0.4, -0.2) is 43.3 Å². The van der Waals surface area contributed by atoms with E-state index in [1.807, 2.05) is 43.3 Å². The van der Waals surface area contributed by atoms with E-state index in [1.165, 1.54) is 12.4 Å². The number of methoxy groups -OCH3 is 1. The number of aromatic hydroxyl groups is 1. The van der Waals surface area contributed by atoms with Crippen molar-refractivity contribution in [1.82, 2.24) is 30.5 Å². The first-order valence-electron chi connectivity index (χ1n) is 9.76. The Bertz CT molecular complexity index is 1210. The van der Waals surface area contributed by atoms with Crippen molar-refractivity contribution in [3.05, 3.63) is 89.5 Å². The number of hydrogen-bond donors (Lipinski definition) is 2. The van der Waals surface area contributed by atoms with E-state index in [2.05, 4.69) is 30.5 Å².